The van der Waals surface area contributed by atoms with Crippen molar-refractivity contribution in [2.45, 2.75) is 25.6 Å². The number of aliphatic hydroxyl groups is 2. The Morgan fingerprint density at radius 2 is 1.60 bits per heavy atom. The van der Waals surface area contributed by atoms with Crippen LogP contribution in [0, 0.1) is 11.8 Å². The molecule has 2 nitrogen and oxygen atoms in total. The summed E-state index contributed by atoms with van der Waals surface area (Å²) < 4.78 is 0. The minimum Gasteiger partial charge on any atom is -0.384 e. The molecule has 1 unspecified atom stereocenters. The molecule has 2 rings (SSSR count). The lowest BCUT2D eigenvalue weighted by Gasteiger charge is -2.11. The summed E-state index contributed by atoms with van der Waals surface area (Å²) in [6.07, 6.45) is -0.667. The van der Waals surface area contributed by atoms with Crippen LogP contribution in [0.5, 0.6) is 0 Å². The zero-order valence-electron chi connectivity index (χ0n) is 11.7. The molecule has 2 N–H and O–H groups in total. The van der Waals surface area contributed by atoms with Crippen LogP contribution in [0.25, 0.3) is 0 Å². The highest BCUT2D eigenvalue weighted by atomic mass is 16.3. The fourth-order valence-corrected chi connectivity index (χ4v) is 1.84. The van der Waals surface area contributed by atoms with Gasteiger partial charge in [-0.2, -0.15) is 0 Å². The summed E-state index contributed by atoms with van der Waals surface area (Å²) in [5.41, 5.74) is 1.40. The van der Waals surface area contributed by atoms with E-state index in [1.54, 1.807) is 13.8 Å². The summed E-state index contributed by atoms with van der Waals surface area (Å²) in [5, 5.41) is 20.0. The first kappa shape index (κ1) is 14.3. The molecule has 0 amide bonds. The van der Waals surface area contributed by atoms with Crippen LogP contribution in [0.3, 0.4) is 0 Å². The zero-order valence-corrected chi connectivity index (χ0v) is 11.7. The monoisotopic (exact) mass is 266 g/mol. The van der Waals surface area contributed by atoms with E-state index in [-0.39, 0.29) is 0 Å². The number of rotatable bonds is 2. The van der Waals surface area contributed by atoms with Gasteiger partial charge in [0.25, 0.3) is 0 Å². The fourth-order valence-electron chi connectivity index (χ4n) is 1.84. The van der Waals surface area contributed by atoms with Crippen molar-refractivity contribution in [3.8, 4) is 11.8 Å². The Bertz CT molecular complexity index is 628. The van der Waals surface area contributed by atoms with E-state index >= 15 is 0 Å². The van der Waals surface area contributed by atoms with Crippen molar-refractivity contribution < 1.29 is 10.2 Å². The van der Waals surface area contributed by atoms with Gasteiger partial charge in [0, 0.05) is 5.56 Å². The highest BCUT2D eigenvalue weighted by Crippen LogP contribution is 2.22. The normalized spacial score (nSPS) is 12.4. The van der Waals surface area contributed by atoms with Gasteiger partial charge in [0.15, 0.2) is 0 Å². The van der Waals surface area contributed by atoms with Crippen molar-refractivity contribution in [3.05, 3.63) is 71.3 Å². The second-order valence-corrected chi connectivity index (χ2v) is 5.25. The quantitative estimate of drug-likeness (QED) is 0.821. The van der Waals surface area contributed by atoms with Crippen molar-refractivity contribution in [1.82, 2.24) is 0 Å². The predicted molar refractivity (Wildman–Crippen MR) is 80.1 cm³/mol. The summed E-state index contributed by atoms with van der Waals surface area (Å²) in [4.78, 5) is 0. The molecule has 0 saturated carbocycles. The Balaban J connectivity index is 2.28. The van der Waals surface area contributed by atoms with Gasteiger partial charge in [0.1, 0.15) is 11.7 Å². The molecule has 0 spiro atoms. The smallest absolute Gasteiger partial charge is 0.120 e. The lowest BCUT2D eigenvalue weighted by molar-refractivity contribution is 0.143. The molecule has 2 aromatic rings. The van der Waals surface area contributed by atoms with E-state index in [1.807, 2.05) is 54.6 Å². The first-order valence-electron chi connectivity index (χ1n) is 6.54. The van der Waals surface area contributed by atoms with Crippen LogP contribution in [0.2, 0.25) is 0 Å². The van der Waals surface area contributed by atoms with E-state index < -0.39 is 11.7 Å². The molecule has 1 atom stereocenters. The fraction of sp³-hybridized carbons (Fsp3) is 0.222. The van der Waals surface area contributed by atoms with E-state index in [0.29, 0.717) is 0 Å². The number of hydrogen-bond acceptors (Lipinski definition) is 2. The minimum absolute atomic E-state index is 0.667. The highest BCUT2D eigenvalue weighted by Gasteiger charge is 2.10. The first-order valence-corrected chi connectivity index (χ1v) is 6.54. The van der Waals surface area contributed by atoms with E-state index in [1.165, 1.54) is 0 Å². The molecule has 102 valence electrons. The summed E-state index contributed by atoms with van der Waals surface area (Å²) in [6, 6.07) is 16.9. The minimum atomic E-state index is -1.02. The molecule has 20 heavy (non-hydrogen) atoms. The summed E-state index contributed by atoms with van der Waals surface area (Å²) in [5.74, 6) is 5.69. The Kier molecular flexibility index (Phi) is 4.24. The molecule has 0 radical (unpaired) electrons. The second-order valence-electron chi connectivity index (χ2n) is 5.25. The van der Waals surface area contributed by atoms with E-state index in [2.05, 4.69) is 11.8 Å². The van der Waals surface area contributed by atoms with Crippen molar-refractivity contribution in [1.29, 1.82) is 0 Å². The molecule has 0 fully saturated rings. The third-order valence-corrected chi connectivity index (χ3v) is 2.83. The van der Waals surface area contributed by atoms with Crippen molar-refractivity contribution in [3.63, 3.8) is 0 Å². The molecule has 0 saturated heterocycles. The van der Waals surface area contributed by atoms with Gasteiger partial charge < -0.3 is 10.2 Å². The Morgan fingerprint density at radius 1 is 0.950 bits per heavy atom. The van der Waals surface area contributed by atoms with Gasteiger partial charge >= 0.3 is 0 Å². The highest BCUT2D eigenvalue weighted by molar-refractivity contribution is 5.41. The lowest BCUT2D eigenvalue weighted by Crippen LogP contribution is -2.14. The average Bonchev–Trinajstić information content (AvgIpc) is 2.45. The van der Waals surface area contributed by atoms with Crippen molar-refractivity contribution in [2.24, 2.45) is 0 Å². The molecule has 0 bridgehead atoms. The van der Waals surface area contributed by atoms with Crippen LogP contribution in [0.1, 0.15) is 36.6 Å². The lowest BCUT2D eigenvalue weighted by atomic mass is 9.99. The maximum atomic E-state index is 10.3. The Labute approximate surface area is 119 Å². The van der Waals surface area contributed by atoms with Crippen LogP contribution in [0.4, 0.5) is 0 Å². The van der Waals surface area contributed by atoms with E-state index in [0.717, 1.165) is 16.7 Å². The maximum Gasteiger partial charge on any atom is 0.120 e. The molecule has 0 aliphatic heterocycles. The van der Waals surface area contributed by atoms with E-state index in [4.69, 9.17) is 0 Å². The van der Waals surface area contributed by atoms with Crippen LogP contribution < -0.4 is 0 Å². The predicted octanol–water partition coefficient (Wildman–Crippen LogP) is 2.89. The van der Waals surface area contributed by atoms with E-state index in [9.17, 15) is 10.2 Å². The molecular weight excluding hydrogens is 248 g/mol. The Morgan fingerprint density at radius 3 is 2.25 bits per heavy atom. The molecule has 2 heteroatoms. The molecular formula is C18H18O2. The topological polar surface area (TPSA) is 40.5 Å². The number of aliphatic hydroxyl groups excluding tert-OH is 1. The van der Waals surface area contributed by atoms with Gasteiger partial charge in [-0.1, -0.05) is 54.3 Å². The maximum absolute atomic E-state index is 10.3. The van der Waals surface area contributed by atoms with Crippen LogP contribution >= 0.6 is 0 Å². The Hall–Kier alpha value is -2.08. The van der Waals surface area contributed by atoms with Crippen molar-refractivity contribution in [2.75, 3.05) is 0 Å². The summed E-state index contributed by atoms with van der Waals surface area (Å²) >= 11 is 0. The molecule has 0 aromatic heterocycles. The summed E-state index contributed by atoms with van der Waals surface area (Å²) in [7, 11) is 0. The zero-order chi connectivity index (χ0) is 14.6. The van der Waals surface area contributed by atoms with Crippen LogP contribution in [0.15, 0.2) is 54.6 Å². The second kappa shape index (κ2) is 5.92. The standard InChI is InChI=1S/C18H18O2/c1-18(2,20)12-11-14-7-6-10-16(13-14)17(19)15-8-4-3-5-9-15/h3-10,13,17,19-20H,1-2H3. The third-order valence-electron chi connectivity index (χ3n) is 2.83. The first-order chi connectivity index (χ1) is 9.46. The van der Waals surface area contributed by atoms with Gasteiger partial charge in [-0.05, 0) is 37.1 Å². The number of benzene rings is 2. The molecule has 0 aliphatic carbocycles. The van der Waals surface area contributed by atoms with Gasteiger partial charge in [0.05, 0.1) is 0 Å². The summed E-state index contributed by atoms with van der Waals surface area (Å²) in [6.45, 7) is 3.28. The van der Waals surface area contributed by atoms with Gasteiger partial charge in [-0.15, -0.1) is 0 Å². The molecule has 2 aromatic carbocycles. The average molecular weight is 266 g/mol. The third kappa shape index (κ3) is 3.96. The van der Waals surface area contributed by atoms with Gasteiger partial charge in [0.2, 0.25) is 0 Å². The van der Waals surface area contributed by atoms with Crippen LogP contribution in [-0.2, 0) is 0 Å². The largest absolute Gasteiger partial charge is 0.384 e. The SMILES string of the molecule is CC(C)(O)C#Cc1cccc(C(O)c2ccccc2)c1. The number of hydrogen-bond donors (Lipinski definition) is 2. The van der Waals surface area contributed by atoms with Crippen molar-refractivity contribution >= 4 is 0 Å². The molecule has 0 heterocycles. The molecule has 0 aliphatic rings. The van der Waals surface area contributed by atoms with Crippen LogP contribution in [-0.4, -0.2) is 15.8 Å². The van der Waals surface area contributed by atoms with Gasteiger partial charge in [-0.3, -0.25) is 0 Å². The van der Waals surface area contributed by atoms with Gasteiger partial charge in [-0.25, -0.2) is 0 Å².